The van der Waals surface area contributed by atoms with Gasteiger partial charge in [-0.15, -0.1) is 0 Å². The number of ether oxygens (including phenoxy) is 1. The predicted molar refractivity (Wildman–Crippen MR) is 98.2 cm³/mol. The number of carboxylic acids is 1. The molecule has 0 saturated heterocycles. The molecule has 0 spiro atoms. The van der Waals surface area contributed by atoms with Crippen molar-refractivity contribution in [3.8, 4) is 11.3 Å². The number of hydrogen-bond acceptors (Lipinski definition) is 5. The smallest absolute Gasteiger partial charge is 0.363 e. The van der Waals surface area contributed by atoms with Gasteiger partial charge in [-0.3, -0.25) is 0 Å². The minimum atomic E-state index is -1.04. The number of aromatic carboxylic acids is 1. The summed E-state index contributed by atoms with van der Waals surface area (Å²) in [7, 11) is 0. The highest BCUT2D eigenvalue weighted by atomic mass is 16.6. The summed E-state index contributed by atoms with van der Waals surface area (Å²) in [5.41, 5.74) is 1.40. The Labute approximate surface area is 154 Å². The van der Waals surface area contributed by atoms with Gasteiger partial charge in [-0.05, 0) is 30.3 Å². The second kappa shape index (κ2) is 6.76. The van der Waals surface area contributed by atoms with E-state index in [1.54, 1.807) is 42.5 Å². The fourth-order valence-electron chi connectivity index (χ4n) is 2.71. The molecule has 0 aliphatic carbocycles. The lowest BCUT2D eigenvalue weighted by molar-refractivity contribution is -0.129. The molecule has 132 valence electrons. The third-order valence-corrected chi connectivity index (χ3v) is 3.97. The van der Waals surface area contributed by atoms with Gasteiger partial charge in [0.1, 0.15) is 11.5 Å². The van der Waals surface area contributed by atoms with Gasteiger partial charge in [0.2, 0.25) is 5.90 Å². The van der Waals surface area contributed by atoms with Crippen LogP contribution in [0.3, 0.4) is 0 Å². The van der Waals surface area contributed by atoms with E-state index in [4.69, 9.17) is 9.15 Å². The van der Waals surface area contributed by atoms with Gasteiger partial charge in [-0.25, -0.2) is 14.6 Å². The highest BCUT2D eigenvalue weighted by Gasteiger charge is 2.24. The van der Waals surface area contributed by atoms with Crippen molar-refractivity contribution in [3.63, 3.8) is 0 Å². The first-order chi connectivity index (χ1) is 13.1. The highest BCUT2D eigenvalue weighted by molar-refractivity contribution is 6.12. The number of aliphatic imine (C=N–C) groups is 1. The van der Waals surface area contributed by atoms with E-state index in [9.17, 15) is 14.7 Å². The SMILES string of the molecule is O=C1OC(c2ccccc2)=NC1=Cc1ccc(-c2ccccc2C(=O)O)o1. The van der Waals surface area contributed by atoms with Gasteiger partial charge in [0.25, 0.3) is 0 Å². The molecule has 1 aliphatic rings. The van der Waals surface area contributed by atoms with E-state index in [1.807, 2.05) is 18.2 Å². The summed E-state index contributed by atoms with van der Waals surface area (Å²) >= 11 is 0. The first kappa shape index (κ1) is 16.5. The monoisotopic (exact) mass is 359 g/mol. The van der Waals surface area contributed by atoms with Crippen molar-refractivity contribution in [1.82, 2.24) is 0 Å². The minimum Gasteiger partial charge on any atom is -0.478 e. The summed E-state index contributed by atoms with van der Waals surface area (Å²) in [4.78, 5) is 27.6. The van der Waals surface area contributed by atoms with Crippen LogP contribution in [0.25, 0.3) is 17.4 Å². The second-order valence-electron chi connectivity index (χ2n) is 5.75. The maximum atomic E-state index is 12.1. The van der Waals surface area contributed by atoms with E-state index in [2.05, 4.69) is 4.99 Å². The largest absolute Gasteiger partial charge is 0.478 e. The number of furan rings is 1. The third kappa shape index (κ3) is 3.28. The van der Waals surface area contributed by atoms with Crippen LogP contribution >= 0.6 is 0 Å². The number of carbonyl (C=O) groups is 2. The van der Waals surface area contributed by atoms with Gasteiger partial charge in [0.15, 0.2) is 5.70 Å². The van der Waals surface area contributed by atoms with E-state index in [1.165, 1.54) is 12.1 Å². The number of carboxylic acid groups (broad SMARTS) is 1. The van der Waals surface area contributed by atoms with Crippen molar-refractivity contribution in [1.29, 1.82) is 0 Å². The Morgan fingerprint density at radius 2 is 1.70 bits per heavy atom. The Morgan fingerprint density at radius 1 is 0.963 bits per heavy atom. The average Bonchev–Trinajstić information content (AvgIpc) is 3.30. The molecule has 1 aromatic heterocycles. The van der Waals surface area contributed by atoms with Crippen molar-refractivity contribution in [2.75, 3.05) is 0 Å². The zero-order chi connectivity index (χ0) is 18.8. The van der Waals surface area contributed by atoms with Crippen LogP contribution in [0.4, 0.5) is 0 Å². The summed E-state index contributed by atoms with van der Waals surface area (Å²) in [5.74, 6) is -0.625. The van der Waals surface area contributed by atoms with Crippen LogP contribution in [-0.2, 0) is 9.53 Å². The zero-order valence-electron chi connectivity index (χ0n) is 14.0. The van der Waals surface area contributed by atoms with E-state index in [0.717, 1.165) is 0 Å². The van der Waals surface area contributed by atoms with Gasteiger partial charge >= 0.3 is 11.9 Å². The summed E-state index contributed by atoms with van der Waals surface area (Å²) in [5, 5.41) is 9.30. The number of hydrogen-bond donors (Lipinski definition) is 1. The Balaban J connectivity index is 1.66. The molecule has 0 bridgehead atoms. The van der Waals surface area contributed by atoms with Crippen molar-refractivity contribution in [3.05, 3.63) is 89.3 Å². The van der Waals surface area contributed by atoms with Crippen LogP contribution in [0.2, 0.25) is 0 Å². The summed E-state index contributed by atoms with van der Waals surface area (Å²) in [6.45, 7) is 0. The maximum absolute atomic E-state index is 12.1. The van der Waals surface area contributed by atoms with Gasteiger partial charge in [-0.1, -0.05) is 36.4 Å². The van der Waals surface area contributed by atoms with Gasteiger partial charge in [0, 0.05) is 17.2 Å². The number of cyclic esters (lactones) is 1. The van der Waals surface area contributed by atoms with E-state index in [-0.39, 0.29) is 17.2 Å². The summed E-state index contributed by atoms with van der Waals surface area (Å²) < 4.78 is 10.9. The van der Waals surface area contributed by atoms with Crippen LogP contribution in [0.15, 0.2) is 81.8 Å². The molecule has 27 heavy (non-hydrogen) atoms. The Hall–Kier alpha value is -3.93. The molecule has 0 unspecified atom stereocenters. The quantitative estimate of drug-likeness (QED) is 0.562. The molecule has 4 rings (SSSR count). The minimum absolute atomic E-state index is 0.112. The first-order valence-electron chi connectivity index (χ1n) is 8.12. The van der Waals surface area contributed by atoms with Gasteiger partial charge in [0.05, 0.1) is 5.56 Å². The van der Waals surface area contributed by atoms with Gasteiger partial charge in [-0.2, -0.15) is 0 Å². The van der Waals surface area contributed by atoms with E-state index >= 15 is 0 Å². The molecule has 0 fully saturated rings. The Bertz CT molecular complexity index is 1090. The lowest BCUT2D eigenvalue weighted by Crippen LogP contribution is -2.04. The van der Waals surface area contributed by atoms with Crippen LogP contribution < -0.4 is 0 Å². The molecule has 0 saturated carbocycles. The van der Waals surface area contributed by atoms with Crippen molar-refractivity contribution in [2.45, 2.75) is 0 Å². The standard InChI is InChI=1S/C21H13NO5/c23-20(24)16-9-5-4-8-15(16)18-11-10-14(26-18)12-17-21(25)27-19(22-17)13-6-2-1-3-7-13/h1-12H,(H,23,24). The molecular weight excluding hydrogens is 346 g/mol. The molecule has 2 heterocycles. The third-order valence-electron chi connectivity index (χ3n) is 3.97. The van der Waals surface area contributed by atoms with Crippen molar-refractivity contribution >= 4 is 23.9 Å². The molecule has 6 nitrogen and oxygen atoms in total. The number of nitrogens with zero attached hydrogens (tertiary/aromatic N) is 1. The average molecular weight is 359 g/mol. The van der Waals surface area contributed by atoms with Crippen molar-refractivity contribution < 1.29 is 23.8 Å². The summed E-state index contributed by atoms with van der Waals surface area (Å²) in [6.07, 6.45) is 1.46. The second-order valence-corrected chi connectivity index (χ2v) is 5.75. The lowest BCUT2D eigenvalue weighted by Gasteiger charge is -2.01. The zero-order valence-corrected chi connectivity index (χ0v) is 14.0. The molecule has 1 aliphatic heterocycles. The maximum Gasteiger partial charge on any atom is 0.363 e. The molecule has 0 radical (unpaired) electrons. The van der Waals surface area contributed by atoms with Crippen molar-refractivity contribution in [2.24, 2.45) is 4.99 Å². The molecule has 6 heteroatoms. The van der Waals surface area contributed by atoms with Crippen LogP contribution in [0.5, 0.6) is 0 Å². The summed E-state index contributed by atoms with van der Waals surface area (Å²) in [6, 6.07) is 18.9. The van der Waals surface area contributed by atoms with E-state index < -0.39 is 11.9 Å². The molecule has 0 amide bonds. The topological polar surface area (TPSA) is 89.1 Å². The van der Waals surface area contributed by atoms with Crippen LogP contribution in [-0.4, -0.2) is 22.9 Å². The number of carbonyl (C=O) groups excluding carboxylic acids is 1. The predicted octanol–water partition coefficient (Wildman–Crippen LogP) is 3.99. The normalized spacial score (nSPS) is 14.9. The Kier molecular flexibility index (Phi) is 4.14. The molecule has 0 atom stereocenters. The van der Waals surface area contributed by atoms with Crippen LogP contribution in [0, 0.1) is 0 Å². The highest BCUT2D eigenvalue weighted by Crippen LogP contribution is 2.28. The number of benzene rings is 2. The fraction of sp³-hybridized carbons (Fsp3) is 0. The molecular formula is C21H13NO5. The molecule has 3 aromatic rings. The number of rotatable bonds is 4. The Morgan fingerprint density at radius 3 is 2.48 bits per heavy atom. The molecule has 1 N–H and O–H groups in total. The van der Waals surface area contributed by atoms with Crippen LogP contribution in [0.1, 0.15) is 21.7 Å². The fourth-order valence-corrected chi connectivity index (χ4v) is 2.71. The lowest BCUT2D eigenvalue weighted by atomic mass is 10.1. The molecule has 2 aromatic carbocycles. The first-order valence-corrected chi connectivity index (χ1v) is 8.12. The number of esters is 1. The van der Waals surface area contributed by atoms with E-state index in [0.29, 0.717) is 22.6 Å². The van der Waals surface area contributed by atoms with Gasteiger partial charge < -0.3 is 14.3 Å².